The van der Waals surface area contributed by atoms with Crippen LogP contribution in [0.2, 0.25) is 0 Å². The summed E-state index contributed by atoms with van der Waals surface area (Å²) in [5, 5.41) is 3.96. The van der Waals surface area contributed by atoms with E-state index in [0.29, 0.717) is 5.56 Å². The number of hydrogen-bond donors (Lipinski definition) is 2. The van der Waals surface area contributed by atoms with Gasteiger partial charge in [0, 0.05) is 17.5 Å². The Balaban J connectivity index is 1.60. The van der Waals surface area contributed by atoms with Crippen LogP contribution in [0.15, 0.2) is 36.4 Å². The molecule has 2 aliphatic heterocycles. The largest absolute Gasteiger partial charge is 0.412 e. The van der Waals surface area contributed by atoms with Crippen molar-refractivity contribution in [2.75, 3.05) is 0 Å². The van der Waals surface area contributed by atoms with Crippen molar-refractivity contribution in [3.05, 3.63) is 70.0 Å². The first-order chi connectivity index (χ1) is 16.0. The second-order valence-corrected chi connectivity index (χ2v) is 8.22. The van der Waals surface area contributed by atoms with E-state index in [1.807, 2.05) is 5.32 Å². The number of fused-ring (bicyclic) bond motifs is 1. The quantitative estimate of drug-likeness (QED) is 0.523. The number of benzene rings is 2. The van der Waals surface area contributed by atoms with Crippen LogP contribution < -0.4 is 10.6 Å². The average Bonchev–Trinajstić information content (AvgIpc) is 3.08. The van der Waals surface area contributed by atoms with Gasteiger partial charge in [0.05, 0.1) is 12.1 Å². The van der Waals surface area contributed by atoms with Crippen molar-refractivity contribution >= 4 is 23.6 Å². The summed E-state index contributed by atoms with van der Waals surface area (Å²) in [6, 6.07) is 4.23. The molecule has 7 nitrogen and oxygen atoms in total. The summed E-state index contributed by atoms with van der Waals surface area (Å²) in [7, 11) is 0. The lowest BCUT2D eigenvalue weighted by molar-refractivity contribution is -0.155. The smallest absolute Gasteiger partial charge is 0.337 e. The first-order valence-electron chi connectivity index (χ1n) is 10.4. The summed E-state index contributed by atoms with van der Waals surface area (Å²) in [5.74, 6) is -4.27. The van der Waals surface area contributed by atoms with Crippen LogP contribution in [0.4, 0.5) is 17.6 Å². The summed E-state index contributed by atoms with van der Waals surface area (Å²) in [6.07, 6.45) is -4.78. The lowest BCUT2D eigenvalue weighted by atomic mass is 10.0. The van der Waals surface area contributed by atoms with E-state index >= 15 is 4.39 Å². The molecule has 1 saturated heterocycles. The van der Waals surface area contributed by atoms with Crippen molar-refractivity contribution in [2.45, 2.75) is 44.6 Å². The highest BCUT2D eigenvalue weighted by Gasteiger charge is 2.44. The summed E-state index contributed by atoms with van der Waals surface area (Å²) >= 11 is 0. The van der Waals surface area contributed by atoms with E-state index < -0.39 is 53.3 Å². The minimum atomic E-state index is -4.84. The summed E-state index contributed by atoms with van der Waals surface area (Å²) in [6.45, 7) is 1.25. The van der Waals surface area contributed by atoms with Crippen molar-refractivity contribution in [1.29, 1.82) is 0 Å². The number of hydrogen-bond acceptors (Lipinski definition) is 4. The van der Waals surface area contributed by atoms with Gasteiger partial charge in [-0.05, 0) is 31.0 Å². The Morgan fingerprint density at radius 3 is 2.56 bits per heavy atom. The molecule has 4 amide bonds. The summed E-state index contributed by atoms with van der Waals surface area (Å²) in [4.78, 5) is 50.0. The predicted molar refractivity (Wildman–Crippen MR) is 110 cm³/mol. The molecule has 0 radical (unpaired) electrons. The number of carbonyl (C=O) groups is 4. The number of alkyl halides is 3. The number of nitrogens with one attached hydrogen (secondary N) is 2. The van der Waals surface area contributed by atoms with Gasteiger partial charge in [0.15, 0.2) is 6.04 Å². The molecule has 2 aromatic rings. The monoisotopic (exact) mass is 477 g/mol. The predicted octanol–water partition coefficient (Wildman–Crippen LogP) is 2.93. The minimum absolute atomic E-state index is 0.00443. The summed E-state index contributed by atoms with van der Waals surface area (Å²) in [5.41, 5.74) is -0.594. The molecule has 2 heterocycles. The van der Waals surface area contributed by atoms with Gasteiger partial charge in [-0.3, -0.25) is 24.5 Å². The van der Waals surface area contributed by atoms with E-state index in [1.165, 1.54) is 18.2 Å². The third-order valence-corrected chi connectivity index (χ3v) is 5.87. The van der Waals surface area contributed by atoms with Crippen LogP contribution >= 0.6 is 0 Å². The Morgan fingerprint density at radius 2 is 1.91 bits per heavy atom. The fourth-order valence-electron chi connectivity index (χ4n) is 4.19. The second kappa shape index (κ2) is 8.54. The van der Waals surface area contributed by atoms with Gasteiger partial charge in [-0.15, -0.1) is 0 Å². The van der Waals surface area contributed by atoms with Crippen LogP contribution in [0, 0.1) is 12.7 Å². The van der Waals surface area contributed by atoms with Gasteiger partial charge in [0.25, 0.3) is 11.8 Å². The van der Waals surface area contributed by atoms with E-state index in [0.717, 1.165) is 17.0 Å². The SMILES string of the molecule is Cc1cccc([C@@H](NC(=O)c2ccc3c(c2F)CN(C2CCC(=O)NC2=O)C3=O)C(F)(F)F)c1. The number of halogens is 4. The van der Waals surface area contributed by atoms with Crippen molar-refractivity contribution in [3.63, 3.8) is 0 Å². The number of piperidine rings is 1. The molecule has 11 heteroatoms. The van der Waals surface area contributed by atoms with Gasteiger partial charge in [0.1, 0.15) is 11.9 Å². The van der Waals surface area contributed by atoms with Gasteiger partial charge in [0.2, 0.25) is 11.8 Å². The normalized spacial score (nSPS) is 19.0. The van der Waals surface area contributed by atoms with Gasteiger partial charge >= 0.3 is 6.18 Å². The van der Waals surface area contributed by atoms with Gasteiger partial charge in [-0.2, -0.15) is 13.2 Å². The van der Waals surface area contributed by atoms with Crippen molar-refractivity contribution in [3.8, 4) is 0 Å². The maximum absolute atomic E-state index is 15.2. The number of amides is 4. The highest BCUT2D eigenvalue weighted by Crippen LogP contribution is 2.34. The van der Waals surface area contributed by atoms with Crippen LogP contribution in [0.25, 0.3) is 0 Å². The van der Waals surface area contributed by atoms with Crippen molar-refractivity contribution < 1.29 is 36.7 Å². The Hall–Kier alpha value is -3.76. The lowest BCUT2D eigenvalue weighted by Crippen LogP contribution is -2.52. The van der Waals surface area contributed by atoms with Gasteiger partial charge in [-0.1, -0.05) is 29.8 Å². The van der Waals surface area contributed by atoms with Gasteiger partial charge < -0.3 is 10.2 Å². The molecular formula is C23H19F4N3O4. The molecule has 0 aromatic heterocycles. The molecule has 0 spiro atoms. The Kier molecular flexibility index (Phi) is 5.88. The van der Waals surface area contributed by atoms with E-state index in [1.54, 1.807) is 13.0 Å². The standard InChI is InChI=1S/C23H19F4N3O4/c1-11-3-2-4-12(9-11)19(23(25,26)27)29-20(32)14-6-5-13-15(18(14)24)10-30(22(13)34)16-7-8-17(31)28-21(16)33/h2-6,9,16,19H,7-8,10H2,1H3,(H,29,32)(H,28,31,33)/t16?,19-/m1/s1. The number of carbonyl (C=O) groups excluding carboxylic acids is 4. The van der Waals surface area contributed by atoms with Crippen LogP contribution in [0.1, 0.15) is 56.3 Å². The van der Waals surface area contributed by atoms with Crippen molar-refractivity contribution in [2.24, 2.45) is 0 Å². The zero-order valence-corrected chi connectivity index (χ0v) is 17.8. The zero-order chi connectivity index (χ0) is 24.8. The molecule has 1 fully saturated rings. The molecule has 34 heavy (non-hydrogen) atoms. The van der Waals surface area contributed by atoms with Crippen LogP contribution in [-0.2, 0) is 16.1 Å². The molecule has 4 rings (SSSR count). The maximum Gasteiger partial charge on any atom is 0.412 e. The highest BCUT2D eigenvalue weighted by molar-refractivity contribution is 6.06. The van der Waals surface area contributed by atoms with E-state index in [9.17, 15) is 32.3 Å². The second-order valence-electron chi connectivity index (χ2n) is 8.22. The van der Waals surface area contributed by atoms with Crippen LogP contribution in [0.5, 0.6) is 0 Å². The molecule has 178 valence electrons. The fraction of sp³-hybridized carbons (Fsp3) is 0.304. The number of imide groups is 1. The average molecular weight is 477 g/mol. The van der Waals surface area contributed by atoms with E-state index in [-0.39, 0.29) is 36.1 Å². The first kappa shape index (κ1) is 23.4. The summed E-state index contributed by atoms with van der Waals surface area (Å²) < 4.78 is 56.3. The topological polar surface area (TPSA) is 95.6 Å². The molecule has 0 bridgehead atoms. The lowest BCUT2D eigenvalue weighted by Gasteiger charge is -2.29. The Morgan fingerprint density at radius 1 is 1.18 bits per heavy atom. The van der Waals surface area contributed by atoms with Crippen LogP contribution in [-0.4, -0.2) is 40.7 Å². The third-order valence-electron chi connectivity index (χ3n) is 5.87. The number of rotatable bonds is 4. The fourth-order valence-corrected chi connectivity index (χ4v) is 4.19. The molecule has 1 unspecified atom stereocenters. The maximum atomic E-state index is 15.2. The minimum Gasteiger partial charge on any atom is -0.337 e. The van der Waals surface area contributed by atoms with Crippen molar-refractivity contribution in [1.82, 2.24) is 15.5 Å². The van der Waals surface area contributed by atoms with Crippen LogP contribution in [0.3, 0.4) is 0 Å². The molecule has 2 N–H and O–H groups in total. The first-order valence-corrected chi connectivity index (χ1v) is 10.4. The molecule has 0 aliphatic carbocycles. The molecule has 0 saturated carbocycles. The Bertz CT molecular complexity index is 1210. The molecule has 2 aromatic carbocycles. The number of aryl methyl sites for hydroxylation is 1. The highest BCUT2D eigenvalue weighted by atomic mass is 19.4. The van der Waals surface area contributed by atoms with Gasteiger partial charge in [-0.25, -0.2) is 4.39 Å². The van der Waals surface area contributed by atoms with E-state index in [4.69, 9.17) is 0 Å². The number of nitrogens with zero attached hydrogens (tertiary/aromatic N) is 1. The molecule has 2 aliphatic rings. The molecule has 2 atom stereocenters. The third kappa shape index (κ3) is 4.25. The van der Waals surface area contributed by atoms with E-state index in [2.05, 4.69) is 5.32 Å². The molecular weight excluding hydrogens is 458 g/mol. The zero-order valence-electron chi connectivity index (χ0n) is 17.8. The Labute approximate surface area is 191 Å².